The quantitative estimate of drug-likeness (QED) is 0.338. The van der Waals surface area contributed by atoms with Crippen molar-refractivity contribution in [3.05, 3.63) is 76.6 Å². The van der Waals surface area contributed by atoms with E-state index in [0.29, 0.717) is 41.7 Å². The number of hydrogen-bond donors (Lipinski definition) is 0. The van der Waals surface area contributed by atoms with Crippen molar-refractivity contribution in [2.75, 3.05) is 27.9 Å². The molecule has 0 fully saturated rings. The number of ether oxygens (including phenoxy) is 4. The molecule has 1 aliphatic heterocycles. The molecule has 0 atom stereocenters. The van der Waals surface area contributed by atoms with Crippen LogP contribution in [0.15, 0.2) is 75.7 Å². The van der Waals surface area contributed by atoms with Crippen LogP contribution in [0.2, 0.25) is 0 Å². The highest BCUT2D eigenvalue weighted by Gasteiger charge is 2.23. The Kier molecular flexibility index (Phi) is 6.10. The SMILES string of the molecule is COc1cc(CN=Nc2c(-c3cccc(OC)c3)c3cccc4c3n(c2=O)CCO4)cc(OC)c1. The lowest BCUT2D eigenvalue weighted by Gasteiger charge is -2.22. The lowest BCUT2D eigenvalue weighted by molar-refractivity contribution is 0.284. The van der Waals surface area contributed by atoms with Gasteiger partial charge in [0.15, 0.2) is 5.69 Å². The summed E-state index contributed by atoms with van der Waals surface area (Å²) in [5.74, 6) is 2.69. The van der Waals surface area contributed by atoms with Crippen molar-refractivity contribution in [2.24, 2.45) is 10.2 Å². The fourth-order valence-electron chi connectivity index (χ4n) is 4.35. The Morgan fingerprint density at radius 3 is 2.40 bits per heavy atom. The first-order valence-corrected chi connectivity index (χ1v) is 11.2. The van der Waals surface area contributed by atoms with Gasteiger partial charge >= 0.3 is 0 Å². The van der Waals surface area contributed by atoms with Gasteiger partial charge in [-0.1, -0.05) is 24.3 Å². The van der Waals surface area contributed by atoms with Gasteiger partial charge in [0.1, 0.15) is 29.6 Å². The van der Waals surface area contributed by atoms with Gasteiger partial charge in [-0.2, -0.15) is 5.11 Å². The van der Waals surface area contributed by atoms with E-state index in [-0.39, 0.29) is 17.8 Å². The maximum absolute atomic E-state index is 13.7. The molecule has 0 radical (unpaired) electrons. The van der Waals surface area contributed by atoms with Crippen molar-refractivity contribution in [3.63, 3.8) is 0 Å². The summed E-state index contributed by atoms with van der Waals surface area (Å²) in [6, 6.07) is 18.9. The third kappa shape index (κ3) is 4.19. The van der Waals surface area contributed by atoms with Crippen LogP contribution in [0.25, 0.3) is 22.0 Å². The third-order valence-corrected chi connectivity index (χ3v) is 5.99. The van der Waals surface area contributed by atoms with E-state index in [1.807, 2.05) is 54.6 Å². The number of rotatable bonds is 7. The molecule has 0 unspecified atom stereocenters. The van der Waals surface area contributed by atoms with Crippen LogP contribution in [0.3, 0.4) is 0 Å². The van der Waals surface area contributed by atoms with Gasteiger partial charge in [-0.15, -0.1) is 5.11 Å². The smallest absolute Gasteiger partial charge is 0.279 e. The van der Waals surface area contributed by atoms with Crippen molar-refractivity contribution in [2.45, 2.75) is 13.1 Å². The predicted molar refractivity (Wildman–Crippen MR) is 133 cm³/mol. The Morgan fingerprint density at radius 1 is 0.914 bits per heavy atom. The normalized spacial score (nSPS) is 12.5. The van der Waals surface area contributed by atoms with Gasteiger partial charge in [-0.3, -0.25) is 9.36 Å². The molecule has 0 amide bonds. The molecule has 8 nitrogen and oxygen atoms in total. The number of hydrogen-bond acceptors (Lipinski definition) is 7. The standard InChI is InChI=1S/C27H25N3O5/c1-32-19-7-4-6-18(14-19)24-22-8-5-9-23-26(22)30(10-11-35-23)27(31)25(24)29-28-16-17-12-20(33-2)15-21(13-17)34-3/h4-9,12-15H,10-11,16H2,1-3H3. The van der Waals surface area contributed by atoms with E-state index >= 15 is 0 Å². The molecule has 35 heavy (non-hydrogen) atoms. The van der Waals surface area contributed by atoms with Crippen molar-refractivity contribution < 1.29 is 18.9 Å². The first-order chi connectivity index (χ1) is 17.1. The van der Waals surface area contributed by atoms with Crippen molar-refractivity contribution in [1.82, 2.24) is 4.57 Å². The van der Waals surface area contributed by atoms with Crippen LogP contribution in [0, 0.1) is 0 Å². The lowest BCUT2D eigenvalue weighted by atomic mass is 9.98. The Labute approximate surface area is 202 Å². The summed E-state index contributed by atoms with van der Waals surface area (Å²) < 4.78 is 23.7. The second-order valence-electron chi connectivity index (χ2n) is 8.03. The third-order valence-electron chi connectivity index (χ3n) is 5.99. The molecule has 0 bridgehead atoms. The number of para-hydroxylation sites is 1. The minimum atomic E-state index is -0.210. The second-order valence-corrected chi connectivity index (χ2v) is 8.03. The van der Waals surface area contributed by atoms with Gasteiger partial charge in [0.05, 0.1) is 39.9 Å². The molecule has 0 spiro atoms. The molecule has 0 saturated carbocycles. The first-order valence-electron chi connectivity index (χ1n) is 11.2. The summed E-state index contributed by atoms with van der Waals surface area (Å²) in [6.07, 6.45) is 0. The predicted octanol–water partition coefficient (Wildman–Crippen LogP) is 5.37. The highest BCUT2D eigenvalue weighted by Crippen LogP contribution is 2.40. The minimum Gasteiger partial charge on any atom is -0.497 e. The van der Waals surface area contributed by atoms with E-state index in [0.717, 1.165) is 22.0 Å². The number of azo groups is 1. The van der Waals surface area contributed by atoms with Gasteiger partial charge in [-0.05, 0) is 41.5 Å². The Balaban J connectivity index is 1.68. The average molecular weight is 472 g/mol. The lowest BCUT2D eigenvalue weighted by Crippen LogP contribution is -2.27. The molecule has 1 aliphatic rings. The number of methoxy groups -OCH3 is 3. The monoisotopic (exact) mass is 471 g/mol. The topological polar surface area (TPSA) is 83.6 Å². The van der Waals surface area contributed by atoms with E-state index in [2.05, 4.69) is 10.2 Å². The molecule has 5 rings (SSSR count). The number of benzene rings is 3. The molecule has 0 aliphatic carbocycles. The summed E-state index contributed by atoms with van der Waals surface area (Å²) in [5, 5.41) is 9.77. The first kappa shape index (κ1) is 22.5. The van der Waals surface area contributed by atoms with Gasteiger partial charge in [-0.25, -0.2) is 0 Å². The fourth-order valence-corrected chi connectivity index (χ4v) is 4.35. The minimum absolute atomic E-state index is 0.210. The van der Waals surface area contributed by atoms with Crippen LogP contribution in [0.1, 0.15) is 5.56 Å². The van der Waals surface area contributed by atoms with Crippen LogP contribution < -0.4 is 24.5 Å². The molecular weight excluding hydrogens is 446 g/mol. The Morgan fingerprint density at radius 2 is 1.66 bits per heavy atom. The van der Waals surface area contributed by atoms with Gasteiger partial charge in [0.25, 0.3) is 5.56 Å². The molecule has 3 aromatic carbocycles. The molecule has 8 heteroatoms. The zero-order valence-electron chi connectivity index (χ0n) is 19.8. The second kappa shape index (κ2) is 9.50. The summed E-state index contributed by atoms with van der Waals surface area (Å²) in [7, 11) is 4.81. The molecule has 4 aromatic rings. The van der Waals surface area contributed by atoms with E-state index in [9.17, 15) is 4.79 Å². The maximum atomic E-state index is 13.7. The molecule has 178 valence electrons. The van der Waals surface area contributed by atoms with E-state index in [4.69, 9.17) is 18.9 Å². The van der Waals surface area contributed by atoms with Crippen LogP contribution >= 0.6 is 0 Å². The number of nitrogens with zero attached hydrogens (tertiary/aromatic N) is 3. The average Bonchev–Trinajstić information content (AvgIpc) is 2.91. The molecule has 1 aromatic heterocycles. The van der Waals surface area contributed by atoms with Crippen LogP contribution in [0.4, 0.5) is 5.69 Å². The Hall–Kier alpha value is -4.33. The molecule has 2 heterocycles. The largest absolute Gasteiger partial charge is 0.497 e. The van der Waals surface area contributed by atoms with Crippen LogP contribution in [-0.4, -0.2) is 32.5 Å². The zero-order chi connectivity index (χ0) is 24.4. The fraction of sp³-hybridized carbons (Fsp3) is 0.222. The highest BCUT2D eigenvalue weighted by atomic mass is 16.5. The Bertz CT molecular complexity index is 1470. The summed E-state index contributed by atoms with van der Waals surface area (Å²) in [6.45, 7) is 1.12. The zero-order valence-corrected chi connectivity index (χ0v) is 19.8. The van der Waals surface area contributed by atoms with Crippen molar-refractivity contribution in [1.29, 1.82) is 0 Å². The van der Waals surface area contributed by atoms with E-state index < -0.39 is 0 Å². The maximum Gasteiger partial charge on any atom is 0.279 e. The number of aromatic nitrogens is 1. The molecule has 0 saturated heterocycles. The van der Waals surface area contributed by atoms with E-state index in [1.54, 1.807) is 32.0 Å². The highest BCUT2D eigenvalue weighted by molar-refractivity contribution is 6.02. The van der Waals surface area contributed by atoms with Gasteiger partial charge in [0.2, 0.25) is 0 Å². The molecule has 0 N–H and O–H groups in total. The molecular formula is C27H25N3O5. The van der Waals surface area contributed by atoms with Gasteiger partial charge in [0, 0.05) is 17.0 Å². The number of pyridine rings is 1. The van der Waals surface area contributed by atoms with Crippen LogP contribution in [0.5, 0.6) is 23.0 Å². The van der Waals surface area contributed by atoms with Crippen LogP contribution in [-0.2, 0) is 13.1 Å². The van der Waals surface area contributed by atoms with Gasteiger partial charge < -0.3 is 18.9 Å². The summed E-state index contributed by atoms with van der Waals surface area (Å²) >= 11 is 0. The van der Waals surface area contributed by atoms with E-state index in [1.165, 1.54) is 0 Å². The van der Waals surface area contributed by atoms with Crippen molar-refractivity contribution >= 4 is 16.6 Å². The van der Waals surface area contributed by atoms with Crippen molar-refractivity contribution in [3.8, 4) is 34.1 Å². The summed E-state index contributed by atoms with van der Waals surface area (Å²) in [5.41, 5.74) is 3.19. The summed E-state index contributed by atoms with van der Waals surface area (Å²) in [4.78, 5) is 13.7.